The average Bonchev–Trinajstić information content (AvgIpc) is 3.03. The number of piperidine rings is 1. The Labute approximate surface area is 147 Å². The first kappa shape index (κ1) is 14.8. The number of hydrogen-bond acceptors (Lipinski definition) is 4. The van der Waals surface area contributed by atoms with Gasteiger partial charge in [0.1, 0.15) is 5.82 Å². The molecular weight excluding hydrogens is 310 g/mol. The first-order chi connectivity index (χ1) is 12.2. The number of rotatable bonds is 2. The van der Waals surface area contributed by atoms with Crippen LogP contribution in [0, 0.1) is 0 Å². The number of nitrogens with two attached hydrogens (primary N) is 1. The second-order valence-electron chi connectivity index (χ2n) is 7.45. The summed E-state index contributed by atoms with van der Waals surface area (Å²) in [5, 5.41) is 5.10. The van der Waals surface area contributed by atoms with Crippen LogP contribution in [-0.2, 0) is 6.42 Å². The summed E-state index contributed by atoms with van der Waals surface area (Å²) >= 11 is 0. The van der Waals surface area contributed by atoms with Crippen molar-refractivity contribution < 1.29 is 0 Å². The van der Waals surface area contributed by atoms with E-state index in [0.717, 1.165) is 25.1 Å². The van der Waals surface area contributed by atoms with Crippen molar-refractivity contribution in [2.75, 3.05) is 24.6 Å². The minimum absolute atomic E-state index is 0.410. The highest BCUT2D eigenvalue weighted by Crippen LogP contribution is 2.43. The first-order valence-electron chi connectivity index (χ1n) is 8.96. The maximum Gasteiger partial charge on any atom is 0.123 e. The Bertz CT molecular complexity index is 913. The minimum atomic E-state index is 0.410. The molecule has 3 atom stereocenters. The van der Waals surface area contributed by atoms with Gasteiger partial charge in [0.25, 0.3) is 0 Å². The van der Waals surface area contributed by atoms with Crippen molar-refractivity contribution >= 4 is 22.4 Å². The number of fused-ring (bicyclic) bond motifs is 2. The number of anilines is 2. The van der Waals surface area contributed by atoms with Crippen molar-refractivity contribution in [2.24, 2.45) is 0 Å². The molecule has 2 aliphatic rings. The monoisotopic (exact) mass is 333 g/mol. The average molecular weight is 333 g/mol. The van der Waals surface area contributed by atoms with E-state index in [0.29, 0.717) is 23.8 Å². The molecule has 0 amide bonds. The van der Waals surface area contributed by atoms with Gasteiger partial charge in [-0.2, -0.15) is 0 Å². The third kappa shape index (κ3) is 2.38. The highest BCUT2D eigenvalue weighted by Gasteiger charge is 2.39. The van der Waals surface area contributed by atoms with Crippen molar-refractivity contribution in [1.29, 1.82) is 0 Å². The van der Waals surface area contributed by atoms with E-state index in [2.05, 4.69) is 51.6 Å². The molecule has 4 N–H and O–H groups in total. The predicted molar refractivity (Wildman–Crippen MR) is 102 cm³/mol. The van der Waals surface area contributed by atoms with Crippen molar-refractivity contribution in [1.82, 2.24) is 14.9 Å². The Morgan fingerprint density at radius 1 is 1.28 bits per heavy atom. The van der Waals surface area contributed by atoms with Gasteiger partial charge < -0.3 is 20.9 Å². The highest BCUT2D eigenvalue weighted by atomic mass is 15.2. The SMILES string of the molecule is CN1CC(Nc2ccc(N)nc2)C[C@@H]2c3cccc4[nH]cc(c34)C[C@H]21. The zero-order valence-corrected chi connectivity index (χ0v) is 14.4. The summed E-state index contributed by atoms with van der Waals surface area (Å²) in [4.78, 5) is 10.2. The summed E-state index contributed by atoms with van der Waals surface area (Å²) in [5.74, 6) is 1.12. The second kappa shape index (κ2) is 5.49. The van der Waals surface area contributed by atoms with Crippen LogP contribution >= 0.6 is 0 Å². The fraction of sp³-hybridized carbons (Fsp3) is 0.350. The molecule has 1 aliphatic heterocycles. The molecule has 1 saturated heterocycles. The number of likely N-dealkylation sites (N-methyl/N-ethyl adjacent to an activating group) is 1. The number of aromatic amines is 1. The standard InChI is InChI=1S/C20H23N5/c1-25-11-14(24-13-5-6-19(21)23-10-13)8-16-15-3-2-4-17-20(15)12(9-22-17)7-18(16)25/h2-6,9-10,14,16,18,22,24H,7-8,11H2,1H3,(H2,21,23)/t14?,16-,18-/m1/s1. The molecule has 3 aromatic rings. The van der Waals surface area contributed by atoms with E-state index in [4.69, 9.17) is 5.73 Å². The number of nitrogens with one attached hydrogen (secondary N) is 2. The van der Waals surface area contributed by atoms with Crippen molar-refractivity contribution in [3.8, 4) is 0 Å². The van der Waals surface area contributed by atoms with Crippen LogP contribution in [0.5, 0.6) is 0 Å². The van der Waals surface area contributed by atoms with Crippen LogP contribution in [-0.4, -0.2) is 40.5 Å². The van der Waals surface area contributed by atoms with Gasteiger partial charge in [-0.3, -0.25) is 0 Å². The van der Waals surface area contributed by atoms with E-state index >= 15 is 0 Å². The van der Waals surface area contributed by atoms with Gasteiger partial charge in [0, 0.05) is 41.6 Å². The quantitative estimate of drug-likeness (QED) is 0.674. The predicted octanol–water partition coefficient (Wildman–Crippen LogP) is 2.97. The largest absolute Gasteiger partial charge is 0.384 e. The van der Waals surface area contributed by atoms with Gasteiger partial charge in [0.2, 0.25) is 0 Å². The molecule has 1 unspecified atom stereocenters. The van der Waals surface area contributed by atoms with Gasteiger partial charge in [-0.25, -0.2) is 4.98 Å². The number of likely N-dealkylation sites (tertiary alicyclic amines) is 1. The molecule has 0 bridgehead atoms. The molecule has 1 aromatic carbocycles. The lowest BCUT2D eigenvalue weighted by Gasteiger charge is -2.45. The lowest BCUT2D eigenvalue weighted by atomic mass is 9.74. The molecule has 0 saturated carbocycles. The maximum atomic E-state index is 5.70. The molecule has 5 nitrogen and oxygen atoms in total. The lowest BCUT2D eigenvalue weighted by Crippen LogP contribution is -2.51. The molecule has 2 aromatic heterocycles. The molecule has 1 fully saturated rings. The van der Waals surface area contributed by atoms with Gasteiger partial charge in [-0.15, -0.1) is 0 Å². The second-order valence-corrected chi connectivity index (χ2v) is 7.45. The van der Waals surface area contributed by atoms with E-state index < -0.39 is 0 Å². The number of pyridine rings is 1. The summed E-state index contributed by atoms with van der Waals surface area (Å²) in [6, 6.07) is 11.5. The van der Waals surface area contributed by atoms with Gasteiger partial charge in [0.15, 0.2) is 0 Å². The molecule has 0 radical (unpaired) electrons. The van der Waals surface area contributed by atoms with Crippen LogP contribution in [0.3, 0.4) is 0 Å². The number of aromatic nitrogens is 2. The van der Waals surface area contributed by atoms with Crippen LogP contribution in [0.15, 0.2) is 42.7 Å². The van der Waals surface area contributed by atoms with Crippen LogP contribution in [0.25, 0.3) is 10.9 Å². The molecule has 25 heavy (non-hydrogen) atoms. The van der Waals surface area contributed by atoms with Gasteiger partial charge in [0.05, 0.1) is 11.9 Å². The summed E-state index contributed by atoms with van der Waals surface area (Å²) in [7, 11) is 2.25. The van der Waals surface area contributed by atoms with Gasteiger partial charge in [-0.05, 0) is 49.2 Å². The number of benzene rings is 1. The zero-order chi connectivity index (χ0) is 17.0. The first-order valence-corrected chi connectivity index (χ1v) is 8.96. The fourth-order valence-corrected chi connectivity index (χ4v) is 4.77. The van der Waals surface area contributed by atoms with E-state index in [-0.39, 0.29) is 0 Å². The third-order valence-corrected chi connectivity index (χ3v) is 5.88. The van der Waals surface area contributed by atoms with E-state index in [1.54, 1.807) is 0 Å². The molecule has 5 heteroatoms. The molecule has 1 aliphatic carbocycles. The molecular formula is C20H23N5. The smallest absolute Gasteiger partial charge is 0.123 e. The normalized spacial score (nSPS) is 25.7. The van der Waals surface area contributed by atoms with E-state index in [1.165, 1.54) is 22.0 Å². The molecule has 128 valence electrons. The van der Waals surface area contributed by atoms with Gasteiger partial charge >= 0.3 is 0 Å². The summed E-state index contributed by atoms with van der Waals surface area (Å²) in [6.07, 6.45) is 6.30. The minimum Gasteiger partial charge on any atom is -0.384 e. The van der Waals surface area contributed by atoms with Crippen molar-refractivity contribution in [3.63, 3.8) is 0 Å². The summed E-state index contributed by atoms with van der Waals surface area (Å²) in [5.41, 5.74) is 11.0. The van der Waals surface area contributed by atoms with Crippen molar-refractivity contribution in [2.45, 2.75) is 30.8 Å². The van der Waals surface area contributed by atoms with Gasteiger partial charge in [-0.1, -0.05) is 12.1 Å². The lowest BCUT2D eigenvalue weighted by molar-refractivity contribution is 0.147. The number of H-pyrrole nitrogens is 1. The molecule has 0 spiro atoms. The number of nitrogens with zero attached hydrogens (tertiary/aromatic N) is 2. The van der Waals surface area contributed by atoms with Crippen LogP contribution in [0.1, 0.15) is 23.5 Å². The Hall–Kier alpha value is -2.53. The Morgan fingerprint density at radius 3 is 3.04 bits per heavy atom. The van der Waals surface area contributed by atoms with E-state index in [1.807, 2.05) is 18.3 Å². The number of nitrogen functional groups attached to an aromatic ring is 1. The van der Waals surface area contributed by atoms with Crippen LogP contribution < -0.4 is 11.1 Å². The maximum absolute atomic E-state index is 5.70. The summed E-state index contributed by atoms with van der Waals surface area (Å²) in [6.45, 7) is 1.04. The fourth-order valence-electron chi connectivity index (χ4n) is 4.77. The molecule has 3 heterocycles. The number of hydrogen-bond donors (Lipinski definition) is 3. The topological polar surface area (TPSA) is 70.0 Å². The Balaban J connectivity index is 1.47. The van der Waals surface area contributed by atoms with Crippen LogP contribution in [0.4, 0.5) is 11.5 Å². The van der Waals surface area contributed by atoms with Crippen molar-refractivity contribution in [3.05, 3.63) is 53.9 Å². The zero-order valence-electron chi connectivity index (χ0n) is 14.4. The third-order valence-electron chi connectivity index (χ3n) is 5.88. The molecule has 5 rings (SSSR count). The Morgan fingerprint density at radius 2 is 2.20 bits per heavy atom. The van der Waals surface area contributed by atoms with E-state index in [9.17, 15) is 0 Å². The van der Waals surface area contributed by atoms with Crippen LogP contribution in [0.2, 0.25) is 0 Å². The summed E-state index contributed by atoms with van der Waals surface area (Å²) < 4.78 is 0. The Kier molecular flexibility index (Phi) is 3.25. The highest BCUT2D eigenvalue weighted by molar-refractivity contribution is 5.88.